The van der Waals surface area contributed by atoms with Crippen LogP contribution in [0.1, 0.15) is 31.9 Å². The smallest absolute Gasteiger partial charge is 0.314 e. The molecule has 1 fully saturated rings. The number of aromatic nitrogens is 7. The molecule has 0 bridgehead atoms. The van der Waals surface area contributed by atoms with Gasteiger partial charge < -0.3 is 9.32 Å². The van der Waals surface area contributed by atoms with Crippen LogP contribution >= 0.6 is 0 Å². The van der Waals surface area contributed by atoms with E-state index in [1.165, 1.54) is 6.20 Å². The lowest BCUT2D eigenvalue weighted by atomic mass is 10.2. The minimum atomic E-state index is -2.81. The van der Waals surface area contributed by atoms with Gasteiger partial charge >= 0.3 is 6.43 Å². The molecule has 0 radical (unpaired) electrons. The molecule has 0 unspecified atom stereocenters. The van der Waals surface area contributed by atoms with Gasteiger partial charge in [-0.15, -0.1) is 15.3 Å². The summed E-state index contributed by atoms with van der Waals surface area (Å²) in [5.41, 5.74) is 2.88. The van der Waals surface area contributed by atoms with E-state index >= 15 is 0 Å². The van der Waals surface area contributed by atoms with Gasteiger partial charge in [-0.05, 0) is 38.1 Å². The summed E-state index contributed by atoms with van der Waals surface area (Å²) in [6.45, 7) is 8.76. The van der Waals surface area contributed by atoms with Crippen molar-refractivity contribution < 1.29 is 13.2 Å². The summed E-state index contributed by atoms with van der Waals surface area (Å²) < 4.78 is 32.0. The summed E-state index contributed by atoms with van der Waals surface area (Å²) >= 11 is 0. The van der Waals surface area contributed by atoms with E-state index in [9.17, 15) is 8.78 Å². The molecule has 10 nitrogen and oxygen atoms in total. The number of rotatable bonds is 7. The first-order chi connectivity index (χ1) is 17.0. The Morgan fingerprint density at radius 3 is 2.49 bits per heavy atom. The first-order valence-electron chi connectivity index (χ1n) is 11.4. The molecule has 4 aromatic rings. The lowest BCUT2D eigenvalue weighted by Gasteiger charge is -2.37. The van der Waals surface area contributed by atoms with Crippen molar-refractivity contribution in [1.29, 1.82) is 0 Å². The zero-order valence-corrected chi connectivity index (χ0v) is 19.4. The minimum Gasteiger partial charge on any atom is -0.415 e. The second-order valence-corrected chi connectivity index (χ2v) is 8.61. The molecule has 0 saturated carbocycles. The van der Waals surface area contributed by atoms with Gasteiger partial charge in [-0.3, -0.25) is 9.88 Å². The Kier molecular flexibility index (Phi) is 6.45. The fraction of sp³-hybridized carbons (Fsp3) is 0.391. The molecule has 0 spiro atoms. The van der Waals surface area contributed by atoms with E-state index in [1.807, 2.05) is 18.3 Å². The summed E-state index contributed by atoms with van der Waals surface area (Å²) in [4.78, 5) is 13.7. The van der Waals surface area contributed by atoms with Crippen molar-refractivity contribution in [2.45, 2.75) is 32.9 Å². The normalized spacial score (nSPS) is 14.9. The topological polar surface area (TPSA) is 102 Å². The van der Waals surface area contributed by atoms with Gasteiger partial charge in [-0.1, -0.05) is 5.21 Å². The Labute approximate surface area is 200 Å². The van der Waals surface area contributed by atoms with Crippen LogP contribution in [-0.4, -0.2) is 72.3 Å². The highest BCUT2D eigenvalue weighted by molar-refractivity contribution is 5.62. The van der Waals surface area contributed by atoms with Crippen LogP contribution in [0.15, 0.2) is 47.3 Å². The van der Waals surface area contributed by atoms with Crippen LogP contribution in [0.25, 0.3) is 22.7 Å². The zero-order chi connectivity index (χ0) is 24.4. The number of hydrogen-bond acceptors (Lipinski definition) is 9. The third-order valence-electron chi connectivity index (χ3n) is 5.97. The lowest BCUT2D eigenvalue weighted by Crippen LogP contribution is -2.49. The van der Waals surface area contributed by atoms with Crippen LogP contribution in [0.2, 0.25) is 0 Å². The molecule has 0 aromatic carbocycles. The molecule has 1 saturated heterocycles. The van der Waals surface area contributed by atoms with E-state index in [0.717, 1.165) is 48.9 Å². The summed E-state index contributed by atoms with van der Waals surface area (Å²) in [7, 11) is 0. The third kappa shape index (κ3) is 5.16. The highest BCUT2D eigenvalue weighted by Crippen LogP contribution is 2.24. The van der Waals surface area contributed by atoms with Crippen molar-refractivity contribution in [3.05, 3.63) is 54.4 Å². The quantitative estimate of drug-likeness (QED) is 0.393. The molecule has 0 amide bonds. The van der Waals surface area contributed by atoms with Crippen molar-refractivity contribution in [1.82, 2.24) is 40.1 Å². The number of hydrogen-bond donors (Lipinski definition) is 0. The van der Waals surface area contributed by atoms with Gasteiger partial charge in [-0.2, -0.15) is 8.78 Å². The second-order valence-electron chi connectivity index (χ2n) is 8.61. The SMILES string of the molecule is CC(C)N1CCN(c2cc(-c3cn(Cc4ccc(-c5nnc(C(F)F)o5)cn4)nn3)ccn2)CC1. The number of alkyl halides is 2. The molecular weight excluding hydrogens is 456 g/mol. The maximum Gasteiger partial charge on any atom is 0.314 e. The van der Waals surface area contributed by atoms with E-state index in [4.69, 9.17) is 4.42 Å². The van der Waals surface area contributed by atoms with Crippen molar-refractivity contribution in [2.24, 2.45) is 0 Å². The summed E-state index contributed by atoms with van der Waals surface area (Å²) in [5, 5.41) is 15.5. The Hall–Kier alpha value is -3.80. The summed E-state index contributed by atoms with van der Waals surface area (Å²) in [6.07, 6.45) is 2.36. The summed E-state index contributed by atoms with van der Waals surface area (Å²) in [5.74, 6) is 0.228. The Bertz CT molecular complexity index is 1260. The standard InChI is InChI=1S/C23H25F2N9O/c1-15(2)32-7-9-33(10-8-32)20-11-16(5-6-26-20)19-14-34(31-28-19)13-18-4-3-17(12-27-18)22-29-30-23(35-22)21(24)25/h3-6,11-12,14-15,21H,7-10,13H2,1-2H3. The molecule has 182 valence electrons. The minimum absolute atomic E-state index is 0.00139. The van der Waals surface area contributed by atoms with Gasteiger partial charge in [-0.25, -0.2) is 9.67 Å². The summed E-state index contributed by atoms with van der Waals surface area (Å²) in [6, 6.07) is 7.97. The zero-order valence-electron chi connectivity index (χ0n) is 19.4. The van der Waals surface area contributed by atoms with Crippen molar-refractivity contribution in [3.8, 4) is 22.7 Å². The van der Waals surface area contributed by atoms with Crippen LogP contribution in [0.4, 0.5) is 14.6 Å². The monoisotopic (exact) mass is 481 g/mol. The Balaban J connectivity index is 1.24. The Morgan fingerprint density at radius 2 is 1.80 bits per heavy atom. The van der Waals surface area contributed by atoms with Gasteiger partial charge in [0.25, 0.3) is 5.89 Å². The first kappa shape index (κ1) is 23.0. The predicted molar refractivity (Wildman–Crippen MR) is 124 cm³/mol. The number of piperazine rings is 1. The highest BCUT2D eigenvalue weighted by Gasteiger charge is 2.20. The molecule has 5 rings (SSSR count). The van der Waals surface area contributed by atoms with Crippen molar-refractivity contribution in [2.75, 3.05) is 31.1 Å². The Morgan fingerprint density at radius 1 is 0.971 bits per heavy atom. The molecule has 1 aliphatic heterocycles. The molecule has 0 aliphatic carbocycles. The van der Waals surface area contributed by atoms with E-state index in [1.54, 1.807) is 23.0 Å². The lowest BCUT2D eigenvalue weighted by molar-refractivity contribution is 0.116. The van der Waals surface area contributed by atoms with Crippen molar-refractivity contribution >= 4 is 5.82 Å². The van der Waals surface area contributed by atoms with Crippen LogP contribution in [0.5, 0.6) is 0 Å². The van der Waals surface area contributed by atoms with Crippen LogP contribution in [-0.2, 0) is 6.54 Å². The highest BCUT2D eigenvalue weighted by atomic mass is 19.3. The molecule has 5 heterocycles. The van der Waals surface area contributed by atoms with Gasteiger partial charge in [0.2, 0.25) is 5.89 Å². The van der Waals surface area contributed by atoms with Gasteiger partial charge in [0.05, 0.1) is 24.0 Å². The van der Waals surface area contributed by atoms with E-state index in [0.29, 0.717) is 18.2 Å². The number of halogens is 2. The fourth-order valence-corrected chi connectivity index (χ4v) is 3.98. The fourth-order valence-electron chi connectivity index (χ4n) is 3.98. The van der Waals surface area contributed by atoms with E-state index in [2.05, 4.69) is 54.1 Å². The average molecular weight is 482 g/mol. The number of nitrogens with zero attached hydrogens (tertiary/aromatic N) is 9. The van der Waals surface area contributed by atoms with E-state index in [-0.39, 0.29) is 5.89 Å². The van der Waals surface area contributed by atoms with Gasteiger partial charge in [0, 0.05) is 50.2 Å². The first-order valence-corrected chi connectivity index (χ1v) is 11.4. The molecule has 0 atom stereocenters. The van der Waals surface area contributed by atoms with E-state index < -0.39 is 12.3 Å². The molecule has 1 aliphatic rings. The second kappa shape index (κ2) is 9.82. The molecular formula is C23H25F2N9O. The van der Waals surface area contributed by atoms with Crippen LogP contribution in [0.3, 0.4) is 0 Å². The maximum atomic E-state index is 12.6. The van der Waals surface area contributed by atoms with Gasteiger partial charge in [0.15, 0.2) is 0 Å². The van der Waals surface area contributed by atoms with Gasteiger partial charge in [0.1, 0.15) is 11.5 Å². The molecule has 4 aromatic heterocycles. The third-order valence-corrected chi connectivity index (χ3v) is 5.97. The number of pyridine rings is 2. The molecule has 35 heavy (non-hydrogen) atoms. The average Bonchev–Trinajstić information content (AvgIpc) is 3.55. The largest absolute Gasteiger partial charge is 0.415 e. The molecule has 12 heteroatoms. The van der Waals surface area contributed by atoms with Crippen LogP contribution in [0, 0.1) is 0 Å². The number of anilines is 1. The van der Waals surface area contributed by atoms with Crippen LogP contribution < -0.4 is 4.90 Å². The predicted octanol–water partition coefficient (Wildman–Crippen LogP) is 3.30. The maximum absolute atomic E-state index is 12.6. The van der Waals surface area contributed by atoms with Crippen molar-refractivity contribution in [3.63, 3.8) is 0 Å². The molecule has 0 N–H and O–H groups in total.